The molecule has 2 fully saturated rings. The topological polar surface area (TPSA) is 81.1 Å². The van der Waals surface area contributed by atoms with E-state index in [0.29, 0.717) is 12.3 Å². The van der Waals surface area contributed by atoms with Crippen molar-refractivity contribution in [3.05, 3.63) is 83.2 Å². The summed E-state index contributed by atoms with van der Waals surface area (Å²) in [5, 5.41) is 10.2. The second-order valence-electron chi connectivity index (χ2n) is 9.91. The molecule has 3 aliphatic rings. The van der Waals surface area contributed by atoms with E-state index < -0.39 is 5.41 Å². The van der Waals surface area contributed by atoms with Crippen LogP contribution >= 0.6 is 0 Å². The van der Waals surface area contributed by atoms with Crippen LogP contribution in [0.3, 0.4) is 0 Å². The number of benzene rings is 2. The quantitative estimate of drug-likeness (QED) is 0.518. The van der Waals surface area contributed by atoms with E-state index in [2.05, 4.69) is 17.0 Å². The molecule has 6 rings (SSSR count). The fraction of sp³-hybridized carbons (Fsp3) is 0.379. The summed E-state index contributed by atoms with van der Waals surface area (Å²) in [5.74, 6) is 2.44. The van der Waals surface area contributed by atoms with Gasteiger partial charge >= 0.3 is 0 Å². The van der Waals surface area contributed by atoms with Crippen LogP contribution in [0.15, 0.2) is 60.8 Å². The Labute approximate surface area is 210 Å². The van der Waals surface area contributed by atoms with Crippen molar-refractivity contribution < 1.29 is 24.1 Å². The number of carbonyl (C=O) groups is 1. The van der Waals surface area contributed by atoms with Gasteiger partial charge in [0.15, 0.2) is 11.5 Å². The molecule has 36 heavy (non-hydrogen) atoms. The summed E-state index contributed by atoms with van der Waals surface area (Å²) in [6, 6.07) is 17.7. The van der Waals surface area contributed by atoms with Gasteiger partial charge < -0.3 is 19.3 Å². The standard InChI is InChI=1S/C29H30N2O5/c1-34-24-5-3-2-4-23(24)28(31-13-10-22(32)17-31)19-6-8-21(30-16-19)15-27(33)29(11-12-29)20-7-9-25-26(14-20)36-18-35-25/h2-9,14,16,22,28,32H,10-13,15,17-18H2,1H3/t22-,28?/m1/s1. The number of hydrogen-bond donors (Lipinski definition) is 1. The molecule has 0 spiro atoms. The lowest BCUT2D eigenvalue weighted by atomic mass is 9.88. The minimum absolute atomic E-state index is 0.0843. The number of methoxy groups -OCH3 is 1. The number of aliphatic hydroxyl groups excluding tert-OH is 1. The van der Waals surface area contributed by atoms with E-state index in [4.69, 9.17) is 19.2 Å². The van der Waals surface area contributed by atoms with Gasteiger partial charge in [-0.15, -0.1) is 0 Å². The molecule has 1 N–H and O–H groups in total. The van der Waals surface area contributed by atoms with E-state index in [0.717, 1.165) is 59.7 Å². The summed E-state index contributed by atoms with van der Waals surface area (Å²) in [7, 11) is 1.68. The number of aromatic nitrogens is 1. The Kier molecular flexibility index (Phi) is 5.90. The summed E-state index contributed by atoms with van der Waals surface area (Å²) in [6.07, 6.45) is 4.25. The number of nitrogens with zero attached hydrogens (tertiary/aromatic N) is 2. The van der Waals surface area contributed by atoms with Crippen molar-refractivity contribution in [1.82, 2.24) is 9.88 Å². The predicted octanol–water partition coefficient (Wildman–Crippen LogP) is 3.82. The Hall–Kier alpha value is -3.42. The fourth-order valence-corrected chi connectivity index (χ4v) is 5.57. The summed E-state index contributed by atoms with van der Waals surface area (Å²) < 4.78 is 16.6. The van der Waals surface area contributed by atoms with E-state index in [1.807, 2.05) is 48.7 Å². The van der Waals surface area contributed by atoms with Crippen LogP contribution in [-0.2, 0) is 16.6 Å². The van der Waals surface area contributed by atoms with Crippen molar-refractivity contribution in [3.63, 3.8) is 0 Å². The summed E-state index contributed by atoms with van der Waals surface area (Å²) in [5.41, 5.74) is 3.36. The van der Waals surface area contributed by atoms with Crippen LogP contribution < -0.4 is 14.2 Å². The first-order valence-electron chi connectivity index (χ1n) is 12.5. The minimum Gasteiger partial charge on any atom is -0.496 e. The first-order valence-corrected chi connectivity index (χ1v) is 12.5. The summed E-state index contributed by atoms with van der Waals surface area (Å²) in [6.45, 7) is 1.62. The number of rotatable bonds is 8. The SMILES string of the molecule is COc1ccccc1C(c1ccc(CC(=O)C2(c3ccc4c(c3)OCO4)CC2)nc1)N1CC[C@@H](O)C1. The third-order valence-electron chi connectivity index (χ3n) is 7.71. The van der Waals surface area contributed by atoms with Crippen molar-refractivity contribution >= 4 is 5.78 Å². The number of hydrogen-bond acceptors (Lipinski definition) is 7. The monoisotopic (exact) mass is 486 g/mol. The Morgan fingerprint density at radius 3 is 2.72 bits per heavy atom. The molecule has 0 radical (unpaired) electrons. The lowest BCUT2D eigenvalue weighted by Crippen LogP contribution is -2.29. The smallest absolute Gasteiger partial charge is 0.231 e. The predicted molar refractivity (Wildman–Crippen MR) is 133 cm³/mol. The minimum atomic E-state index is -0.451. The average molecular weight is 487 g/mol. The fourth-order valence-electron chi connectivity index (χ4n) is 5.57. The number of likely N-dealkylation sites (tertiary alicyclic amines) is 1. The van der Waals surface area contributed by atoms with Gasteiger partial charge in [0, 0.05) is 37.0 Å². The molecular weight excluding hydrogens is 456 g/mol. The molecule has 1 saturated heterocycles. The van der Waals surface area contributed by atoms with E-state index in [-0.39, 0.29) is 31.1 Å². The van der Waals surface area contributed by atoms with Crippen molar-refractivity contribution in [2.45, 2.75) is 43.2 Å². The highest BCUT2D eigenvalue weighted by atomic mass is 16.7. The van der Waals surface area contributed by atoms with Gasteiger partial charge in [-0.3, -0.25) is 14.7 Å². The highest BCUT2D eigenvalue weighted by Gasteiger charge is 2.51. The Morgan fingerprint density at radius 2 is 2.00 bits per heavy atom. The molecular formula is C29H30N2O5. The molecule has 2 aliphatic heterocycles. The lowest BCUT2D eigenvalue weighted by molar-refractivity contribution is -0.120. The summed E-state index contributed by atoms with van der Waals surface area (Å²) in [4.78, 5) is 20.4. The molecule has 0 amide bonds. The van der Waals surface area contributed by atoms with Gasteiger partial charge in [0.05, 0.1) is 24.7 Å². The number of ether oxygens (including phenoxy) is 3. The van der Waals surface area contributed by atoms with Gasteiger partial charge in [0.1, 0.15) is 11.5 Å². The zero-order chi connectivity index (χ0) is 24.7. The normalized spacial score (nSPS) is 20.8. The van der Waals surface area contributed by atoms with Crippen LogP contribution in [0.25, 0.3) is 0 Å². The maximum atomic E-state index is 13.4. The maximum absolute atomic E-state index is 13.4. The number of ketones is 1. The number of fused-ring (bicyclic) bond motifs is 1. The summed E-state index contributed by atoms with van der Waals surface area (Å²) >= 11 is 0. The van der Waals surface area contributed by atoms with Gasteiger partial charge in [-0.1, -0.05) is 30.3 Å². The highest BCUT2D eigenvalue weighted by molar-refractivity contribution is 5.94. The third kappa shape index (κ3) is 4.12. The molecule has 3 aromatic rings. The number of para-hydroxylation sites is 1. The molecule has 1 aliphatic carbocycles. The van der Waals surface area contributed by atoms with Gasteiger partial charge in [0.2, 0.25) is 6.79 Å². The Morgan fingerprint density at radius 1 is 1.17 bits per heavy atom. The van der Waals surface area contributed by atoms with Crippen molar-refractivity contribution in [1.29, 1.82) is 0 Å². The lowest BCUT2D eigenvalue weighted by Gasteiger charge is -2.29. The highest BCUT2D eigenvalue weighted by Crippen LogP contribution is 2.51. The number of aliphatic hydroxyl groups is 1. The molecule has 1 saturated carbocycles. The van der Waals surface area contributed by atoms with Gasteiger partial charge in [-0.25, -0.2) is 0 Å². The molecule has 2 atom stereocenters. The van der Waals surface area contributed by atoms with Crippen LogP contribution in [0.4, 0.5) is 0 Å². The zero-order valence-corrected chi connectivity index (χ0v) is 20.4. The van der Waals surface area contributed by atoms with Gasteiger partial charge in [-0.05, 0) is 54.7 Å². The number of β-amino-alcohol motifs (C(OH)–C–C–N with tert-alkyl or cyclic N) is 1. The van der Waals surface area contributed by atoms with E-state index in [1.165, 1.54) is 0 Å². The Balaban J connectivity index is 1.23. The van der Waals surface area contributed by atoms with Crippen LogP contribution in [0, 0.1) is 0 Å². The molecule has 1 unspecified atom stereocenters. The first kappa shape index (κ1) is 23.0. The maximum Gasteiger partial charge on any atom is 0.231 e. The second kappa shape index (κ2) is 9.22. The van der Waals surface area contributed by atoms with E-state index in [9.17, 15) is 9.90 Å². The van der Waals surface area contributed by atoms with Gasteiger partial charge in [-0.2, -0.15) is 0 Å². The van der Waals surface area contributed by atoms with Crippen molar-refractivity contribution in [2.24, 2.45) is 0 Å². The molecule has 7 nitrogen and oxygen atoms in total. The van der Waals surface area contributed by atoms with Crippen LogP contribution in [0.1, 0.15) is 47.7 Å². The molecule has 7 heteroatoms. The van der Waals surface area contributed by atoms with E-state index >= 15 is 0 Å². The first-order chi connectivity index (χ1) is 17.6. The zero-order valence-electron chi connectivity index (χ0n) is 20.4. The molecule has 186 valence electrons. The Bertz CT molecular complexity index is 1270. The largest absolute Gasteiger partial charge is 0.496 e. The third-order valence-corrected chi connectivity index (χ3v) is 7.71. The molecule has 1 aromatic heterocycles. The molecule has 3 heterocycles. The van der Waals surface area contributed by atoms with Crippen LogP contribution in [-0.4, -0.2) is 53.9 Å². The second-order valence-corrected chi connectivity index (χ2v) is 9.91. The molecule has 0 bridgehead atoms. The van der Waals surface area contributed by atoms with E-state index in [1.54, 1.807) is 7.11 Å². The van der Waals surface area contributed by atoms with Crippen molar-refractivity contribution in [2.75, 3.05) is 27.0 Å². The average Bonchev–Trinajstić information content (AvgIpc) is 3.40. The van der Waals surface area contributed by atoms with Crippen molar-refractivity contribution in [3.8, 4) is 17.2 Å². The number of Topliss-reactive ketones (excluding diaryl/α,β-unsaturated/α-hetero) is 1. The van der Waals surface area contributed by atoms with Crippen LogP contribution in [0.5, 0.6) is 17.2 Å². The van der Waals surface area contributed by atoms with Crippen LogP contribution in [0.2, 0.25) is 0 Å². The molecule has 2 aromatic carbocycles. The van der Waals surface area contributed by atoms with Gasteiger partial charge in [0.25, 0.3) is 0 Å². The number of pyridine rings is 1. The number of carbonyl (C=O) groups excluding carboxylic acids is 1.